The van der Waals surface area contributed by atoms with Gasteiger partial charge in [-0.1, -0.05) is 0 Å². The molecule has 6 nitrogen and oxygen atoms in total. The third-order valence-electron chi connectivity index (χ3n) is 4.37. The van der Waals surface area contributed by atoms with Crippen molar-refractivity contribution in [1.29, 1.82) is 0 Å². The SMILES string of the molecule is CCNC(=O)CN(CC)C(=O)c1cc(C)n(-c2ccc(OC)cc2)c1C. The van der Waals surface area contributed by atoms with E-state index in [0.29, 0.717) is 18.7 Å². The standard InChI is InChI=1S/C20H27N3O3/c1-6-21-19(24)13-22(7-2)20(25)18-12-14(3)23(15(18)4)16-8-10-17(26-5)11-9-16/h8-12H,6-7,13H2,1-5H3,(H,21,24). The smallest absolute Gasteiger partial charge is 0.256 e. The largest absolute Gasteiger partial charge is 0.497 e. The molecule has 0 atom stereocenters. The van der Waals surface area contributed by atoms with E-state index in [1.54, 1.807) is 12.0 Å². The molecule has 140 valence electrons. The van der Waals surface area contributed by atoms with Gasteiger partial charge >= 0.3 is 0 Å². The number of carbonyl (C=O) groups excluding carboxylic acids is 2. The van der Waals surface area contributed by atoms with Crippen molar-refractivity contribution >= 4 is 11.8 Å². The number of carbonyl (C=O) groups is 2. The van der Waals surface area contributed by atoms with Crippen molar-refractivity contribution in [3.05, 3.63) is 47.3 Å². The number of hydrogen-bond donors (Lipinski definition) is 1. The number of nitrogens with one attached hydrogen (secondary N) is 1. The lowest BCUT2D eigenvalue weighted by Crippen LogP contribution is -2.40. The highest BCUT2D eigenvalue weighted by atomic mass is 16.5. The normalized spacial score (nSPS) is 10.5. The summed E-state index contributed by atoms with van der Waals surface area (Å²) in [5, 5.41) is 2.73. The Hall–Kier alpha value is -2.76. The van der Waals surface area contributed by atoms with E-state index in [2.05, 4.69) is 5.32 Å². The summed E-state index contributed by atoms with van der Waals surface area (Å²) in [5.41, 5.74) is 3.40. The zero-order chi connectivity index (χ0) is 19.3. The predicted molar refractivity (Wildman–Crippen MR) is 102 cm³/mol. The van der Waals surface area contributed by atoms with Crippen LogP contribution in [0.15, 0.2) is 30.3 Å². The molecule has 0 spiro atoms. The van der Waals surface area contributed by atoms with Crippen LogP contribution in [0.2, 0.25) is 0 Å². The van der Waals surface area contributed by atoms with E-state index in [4.69, 9.17) is 4.74 Å². The van der Waals surface area contributed by atoms with Crippen LogP contribution in [0.25, 0.3) is 5.69 Å². The Morgan fingerprint density at radius 1 is 1.15 bits per heavy atom. The molecule has 0 radical (unpaired) electrons. The van der Waals surface area contributed by atoms with Gasteiger partial charge in [0.2, 0.25) is 5.91 Å². The van der Waals surface area contributed by atoms with Crippen molar-refractivity contribution in [1.82, 2.24) is 14.8 Å². The molecule has 0 bridgehead atoms. The lowest BCUT2D eigenvalue weighted by Gasteiger charge is -2.20. The first-order valence-electron chi connectivity index (χ1n) is 8.82. The van der Waals surface area contributed by atoms with Gasteiger partial charge in [-0.15, -0.1) is 0 Å². The number of likely N-dealkylation sites (N-methyl/N-ethyl adjacent to an activating group) is 2. The summed E-state index contributed by atoms with van der Waals surface area (Å²) in [5.74, 6) is 0.505. The molecular weight excluding hydrogens is 330 g/mol. The molecule has 0 aliphatic rings. The molecule has 2 rings (SSSR count). The summed E-state index contributed by atoms with van der Waals surface area (Å²) in [6, 6.07) is 9.58. The van der Waals surface area contributed by atoms with Crippen molar-refractivity contribution in [3.8, 4) is 11.4 Å². The Balaban J connectivity index is 2.32. The fourth-order valence-electron chi connectivity index (χ4n) is 3.03. The zero-order valence-corrected chi connectivity index (χ0v) is 16.1. The van der Waals surface area contributed by atoms with Crippen molar-refractivity contribution in [2.75, 3.05) is 26.7 Å². The third-order valence-corrected chi connectivity index (χ3v) is 4.37. The Morgan fingerprint density at radius 2 is 1.81 bits per heavy atom. The first kappa shape index (κ1) is 19.6. The van der Waals surface area contributed by atoms with Gasteiger partial charge in [0.25, 0.3) is 5.91 Å². The summed E-state index contributed by atoms with van der Waals surface area (Å²) in [6.07, 6.45) is 0. The van der Waals surface area contributed by atoms with Gasteiger partial charge < -0.3 is 19.5 Å². The monoisotopic (exact) mass is 357 g/mol. The Kier molecular flexibility index (Phi) is 6.44. The van der Waals surface area contributed by atoms with Gasteiger partial charge in [-0.2, -0.15) is 0 Å². The van der Waals surface area contributed by atoms with Crippen molar-refractivity contribution in [3.63, 3.8) is 0 Å². The number of rotatable bonds is 7. The number of methoxy groups -OCH3 is 1. The maximum atomic E-state index is 12.9. The quantitative estimate of drug-likeness (QED) is 0.829. The Labute approximate surface area is 154 Å². The Morgan fingerprint density at radius 3 is 2.35 bits per heavy atom. The molecule has 0 saturated carbocycles. The molecule has 2 aromatic rings. The second-order valence-electron chi connectivity index (χ2n) is 6.09. The third kappa shape index (κ3) is 4.07. The molecule has 0 saturated heterocycles. The zero-order valence-electron chi connectivity index (χ0n) is 16.1. The molecule has 1 aromatic carbocycles. The van der Waals surface area contributed by atoms with Crippen LogP contribution in [0.3, 0.4) is 0 Å². The van der Waals surface area contributed by atoms with Gasteiger partial charge in [0.1, 0.15) is 5.75 Å². The van der Waals surface area contributed by atoms with E-state index < -0.39 is 0 Å². The first-order chi connectivity index (χ1) is 12.4. The average Bonchev–Trinajstić information content (AvgIpc) is 2.93. The Bertz CT molecular complexity index is 778. The molecule has 26 heavy (non-hydrogen) atoms. The maximum Gasteiger partial charge on any atom is 0.256 e. The number of hydrogen-bond acceptors (Lipinski definition) is 3. The fraction of sp³-hybridized carbons (Fsp3) is 0.400. The van der Waals surface area contributed by atoms with E-state index in [1.807, 2.05) is 62.6 Å². The van der Waals surface area contributed by atoms with Crippen LogP contribution in [0, 0.1) is 13.8 Å². The molecule has 0 unspecified atom stereocenters. The lowest BCUT2D eigenvalue weighted by atomic mass is 10.2. The summed E-state index contributed by atoms with van der Waals surface area (Å²) in [4.78, 5) is 26.4. The number of amides is 2. The molecule has 1 heterocycles. The fourth-order valence-corrected chi connectivity index (χ4v) is 3.03. The van der Waals surface area contributed by atoms with Crippen molar-refractivity contribution in [2.24, 2.45) is 0 Å². The van der Waals surface area contributed by atoms with E-state index in [1.165, 1.54) is 0 Å². The highest BCUT2D eigenvalue weighted by molar-refractivity contribution is 5.98. The summed E-state index contributed by atoms with van der Waals surface area (Å²) in [7, 11) is 1.63. The van der Waals surface area contributed by atoms with Gasteiger partial charge in [-0.05, 0) is 58.0 Å². The number of nitrogens with zero attached hydrogens (tertiary/aromatic N) is 2. The maximum absolute atomic E-state index is 12.9. The minimum absolute atomic E-state index is 0.0649. The van der Waals surface area contributed by atoms with Crippen LogP contribution in [-0.2, 0) is 4.79 Å². The number of ether oxygens (including phenoxy) is 1. The van der Waals surface area contributed by atoms with Crippen LogP contribution < -0.4 is 10.1 Å². The molecular formula is C20H27N3O3. The topological polar surface area (TPSA) is 63.6 Å². The second-order valence-corrected chi connectivity index (χ2v) is 6.09. The van der Waals surface area contributed by atoms with E-state index in [0.717, 1.165) is 22.8 Å². The number of aromatic nitrogens is 1. The number of aryl methyl sites for hydroxylation is 1. The van der Waals surface area contributed by atoms with Gasteiger partial charge in [-0.25, -0.2) is 0 Å². The van der Waals surface area contributed by atoms with Crippen LogP contribution >= 0.6 is 0 Å². The summed E-state index contributed by atoms with van der Waals surface area (Å²) < 4.78 is 7.24. The van der Waals surface area contributed by atoms with Crippen LogP contribution in [-0.4, -0.2) is 48.0 Å². The van der Waals surface area contributed by atoms with Gasteiger partial charge in [-0.3, -0.25) is 9.59 Å². The lowest BCUT2D eigenvalue weighted by molar-refractivity contribution is -0.121. The van der Waals surface area contributed by atoms with Gasteiger partial charge in [0, 0.05) is 30.2 Å². The molecule has 2 amide bonds. The van der Waals surface area contributed by atoms with Crippen LogP contribution in [0.5, 0.6) is 5.75 Å². The highest BCUT2D eigenvalue weighted by Gasteiger charge is 2.22. The van der Waals surface area contributed by atoms with Gasteiger partial charge in [0.05, 0.1) is 19.2 Å². The molecule has 1 N–H and O–H groups in total. The van der Waals surface area contributed by atoms with E-state index >= 15 is 0 Å². The molecule has 0 fully saturated rings. The second kappa shape index (κ2) is 8.56. The highest BCUT2D eigenvalue weighted by Crippen LogP contribution is 2.23. The van der Waals surface area contributed by atoms with E-state index in [9.17, 15) is 9.59 Å². The summed E-state index contributed by atoms with van der Waals surface area (Å²) in [6.45, 7) is 8.71. The van der Waals surface area contributed by atoms with Crippen molar-refractivity contribution < 1.29 is 14.3 Å². The number of benzene rings is 1. The molecule has 0 aliphatic carbocycles. The molecule has 1 aromatic heterocycles. The van der Waals surface area contributed by atoms with Gasteiger partial charge in [0.15, 0.2) is 0 Å². The molecule has 0 aliphatic heterocycles. The van der Waals surface area contributed by atoms with Crippen LogP contribution in [0.4, 0.5) is 0 Å². The average molecular weight is 357 g/mol. The summed E-state index contributed by atoms with van der Waals surface area (Å²) >= 11 is 0. The minimum atomic E-state index is -0.147. The first-order valence-corrected chi connectivity index (χ1v) is 8.82. The minimum Gasteiger partial charge on any atom is -0.497 e. The van der Waals surface area contributed by atoms with Crippen molar-refractivity contribution in [2.45, 2.75) is 27.7 Å². The van der Waals surface area contributed by atoms with Crippen LogP contribution in [0.1, 0.15) is 35.6 Å². The predicted octanol–water partition coefficient (Wildman–Crippen LogP) is 2.70. The van der Waals surface area contributed by atoms with E-state index in [-0.39, 0.29) is 18.4 Å². The molecule has 6 heteroatoms.